The predicted octanol–water partition coefficient (Wildman–Crippen LogP) is 2.40. The maximum absolute atomic E-state index is 3.50. The third kappa shape index (κ3) is 3.38. The predicted molar refractivity (Wildman–Crippen MR) is 62.8 cm³/mol. The Morgan fingerprint density at radius 3 is 2.57 bits per heavy atom. The highest BCUT2D eigenvalue weighted by Crippen LogP contribution is 2.15. The van der Waals surface area contributed by atoms with E-state index in [9.17, 15) is 0 Å². The standard InChI is InChI=1S/C12H20N2/c1-10-6-5-7-11(8-10)14-12(2,3)9-13-4/h5-8,13-14H,9H2,1-4H3. The van der Waals surface area contributed by atoms with Gasteiger partial charge in [0.2, 0.25) is 0 Å². The van der Waals surface area contributed by atoms with Crippen molar-refractivity contribution in [1.29, 1.82) is 0 Å². The maximum atomic E-state index is 3.50. The number of benzene rings is 1. The van der Waals surface area contributed by atoms with E-state index in [1.54, 1.807) is 0 Å². The molecule has 0 bridgehead atoms. The van der Waals surface area contributed by atoms with E-state index in [1.807, 2.05) is 7.05 Å². The second kappa shape index (κ2) is 4.47. The average molecular weight is 192 g/mol. The van der Waals surface area contributed by atoms with Crippen LogP contribution < -0.4 is 10.6 Å². The van der Waals surface area contributed by atoms with Crippen LogP contribution in [0, 0.1) is 6.92 Å². The second-order valence-corrected chi connectivity index (χ2v) is 4.41. The minimum absolute atomic E-state index is 0.0859. The minimum atomic E-state index is 0.0859. The zero-order valence-electron chi connectivity index (χ0n) is 9.52. The molecule has 1 aromatic carbocycles. The summed E-state index contributed by atoms with van der Waals surface area (Å²) in [5.74, 6) is 0. The van der Waals surface area contributed by atoms with E-state index >= 15 is 0 Å². The molecule has 0 saturated heterocycles. The van der Waals surface area contributed by atoms with E-state index in [4.69, 9.17) is 0 Å². The van der Waals surface area contributed by atoms with E-state index < -0.39 is 0 Å². The summed E-state index contributed by atoms with van der Waals surface area (Å²) in [6.07, 6.45) is 0. The van der Waals surface area contributed by atoms with Crippen LogP contribution in [0.25, 0.3) is 0 Å². The summed E-state index contributed by atoms with van der Waals surface area (Å²) in [5, 5.41) is 6.68. The molecule has 0 heterocycles. The number of rotatable bonds is 4. The van der Waals surface area contributed by atoms with E-state index in [1.165, 1.54) is 11.3 Å². The number of aryl methyl sites for hydroxylation is 1. The summed E-state index contributed by atoms with van der Waals surface area (Å²) in [6, 6.07) is 8.45. The second-order valence-electron chi connectivity index (χ2n) is 4.41. The molecule has 2 N–H and O–H groups in total. The van der Waals surface area contributed by atoms with Gasteiger partial charge in [0.05, 0.1) is 0 Å². The Kier molecular flexibility index (Phi) is 3.53. The van der Waals surface area contributed by atoms with Crippen molar-refractivity contribution < 1.29 is 0 Å². The van der Waals surface area contributed by atoms with E-state index in [0.29, 0.717) is 0 Å². The molecule has 2 nitrogen and oxygen atoms in total. The molecule has 2 heteroatoms. The summed E-state index contributed by atoms with van der Waals surface area (Å²) < 4.78 is 0. The van der Waals surface area contributed by atoms with Crippen LogP contribution in [-0.2, 0) is 0 Å². The highest BCUT2D eigenvalue weighted by atomic mass is 15.0. The van der Waals surface area contributed by atoms with Crippen LogP contribution in [0.2, 0.25) is 0 Å². The number of anilines is 1. The molecule has 0 aromatic heterocycles. The fraction of sp³-hybridized carbons (Fsp3) is 0.500. The van der Waals surface area contributed by atoms with Crippen LogP contribution in [0.3, 0.4) is 0 Å². The lowest BCUT2D eigenvalue weighted by Gasteiger charge is -2.27. The highest BCUT2D eigenvalue weighted by Gasteiger charge is 2.15. The van der Waals surface area contributed by atoms with E-state index in [-0.39, 0.29) is 5.54 Å². The minimum Gasteiger partial charge on any atom is -0.379 e. The third-order valence-corrected chi connectivity index (χ3v) is 2.12. The lowest BCUT2D eigenvalue weighted by atomic mass is 10.0. The SMILES string of the molecule is CNCC(C)(C)Nc1cccc(C)c1. The first-order chi connectivity index (χ1) is 6.53. The van der Waals surface area contributed by atoms with Crippen LogP contribution in [0.15, 0.2) is 24.3 Å². The molecule has 0 unspecified atom stereocenters. The molecule has 0 atom stereocenters. The van der Waals surface area contributed by atoms with Crippen molar-refractivity contribution in [2.24, 2.45) is 0 Å². The quantitative estimate of drug-likeness (QED) is 0.765. The average Bonchev–Trinajstić information content (AvgIpc) is 2.02. The lowest BCUT2D eigenvalue weighted by Crippen LogP contribution is -2.40. The number of hydrogen-bond donors (Lipinski definition) is 2. The van der Waals surface area contributed by atoms with Crippen molar-refractivity contribution in [2.45, 2.75) is 26.3 Å². The molecule has 0 fully saturated rings. The first-order valence-electron chi connectivity index (χ1n) is 5.03. The molecule has 14 heavy (non-hydrogen) atoms. The van der Waals surface area contributed by atoms with Gasteiger partial charge in [-0.2, -0.15) is 0 Å². The fourth-order valence-electron chi connectivity index (χ4n) is 1.60. The Labute approximate surface area is 86.7 Å². The third-order valence-electron chi connectivity index (χ3n) is 2.12. The van der Waals surface area contributed by atoms with Crippen molar-refractivity contribution in [3.8, 4) is 0 Å². The molecule has 0 spiro atoms. The summed E-state index contributed by atoms with van der Waals surface area (Å²) in [4.78, 5) is 0. The van der Waals surface area contributed by atoms with Crippen LogP contribution in [-0.4, -0.2) is 19.1 Å². The molecule has 0 amide bonds. The van der Waals surface area contributed by atoms with Crippen LogP contribution in [0.4, 0.5) is 5.69 Å². The fourth-order valence-corrected chi connectivity index (χ4v) is 1.60. The van der Waals surface area contributed by atoms with Gasteiger partial charge in [-0.15, -0.1) is 0 Å². The van der Waals surface area contributed by atoms with Crippen LogP contribution in [0.1, 0.15) is 19.4 Å². The van der Waals surface area contributed by atoms with E-state index in [2.05, 4.69) is 55.7 Å². The monoisotopic (exact) mass is 192 g/mol. The van der Waals surface area contributed by atoms with Gasteiger partial charge in [-0.05, 0) is 45.5 Å². The van der Waals surface area contributed by atoms with Gasteiger partial charge in [-0.25, -0.2) is 0 Å². The lowest BCUT2D eigenvalue weighted by molar-refractivity contribution is 0.530. The van der Waals surface area contributed by atoms with Crippen molar-refractivity contribution in [3.63, 3.8) is 0 Å². The van der Waals surface area contributed by atoms with Crippen molar-refractivity contribution >= 4 is 5.69 Å². The molecule has 0 saturated carbocycles. The Morgan fingerprint density at radius 2 is 2.00 bits per heavy atom. The number of nitrogens with one attached hydrogen (secondary N) is 2. The molecule has 1 rings (SSSR count). The van der Waals surface area contributed by atoms with Gasteiger partial charge in [0.25, 0.3) is 0 Å². The van der Waals surface area contributed by atoms with Crippen molar-refractivity contribution in [2.75, 3.05) is 18.9 Å². The Morgan fingerprint density at radius 1 is 1.29 bits per heavy atom. The van der Waals surface area contributed by atoms with Crippen molar-refractivity contribution in [1.82, 2.24) is 5.32 Å². The van der Waals surface area contributed by atoms with Crippen LogP contribution >= 0.6 is 0 Å². The van der Waals surface area contributed by atoms with Gasteiger partial charge >= 0.3 is 0 Å². The van der Waals surface area contributed by atoms with Gasteiger partial charge in [0.1, 0.15) is 0 Å². The largest absolute Gasteiger partial charge is 0.379 e. The van der Waals surface area contributed by atoms with Crippen LogP contribution in [0.5, 0.6) is 0 Å². The number of hydrogen-bond acceptors (Lipinski definition) is 2. The Bertz CT molecular complexity index is 292. The zero-order valence-corrected chi connectivity index (χ0v) is 9.52. The molecule has 0 aliphatic rings. The molecule has 1 aromatic rings. The first kappa shape index (κ1) is 11.1. The Hall–Kier alpha value is -1.02. The first-order valence-corrected chi connectivity index (χ1v) is 5.03. The van der Waals surface area contributed by atoms with Gasteiger partial charge in [0, 0.05) is 17.8 Å². The smallest absolute Gasteiger partial charge is 0.0441 e. The molecular formula is C12H20N2. The maximum Gasteiger partial charge on any atom is 0.0441 e. The summed E-state index contributed by atoms with van der Waals surface area (Å²) >= 11 is 0. The zero-order chi connectivity index (χ0) is 10.6. The highest BCUT2D eigenvalue weighted by molar-refractivity contribution is 5.47. The van der Waals surface area contributed by atoms with Gasteiger partial charge in [0.15, 0.2) is 0 Å². The normalized spacial score (nSPS) is 11.4. The van der Waals surface area contributed by atoms with Gasteiger partial charge in [-0.3, -0.25) is 0 Å². The van der Waals surface area contributed by atoms with Crippen molar-refractivity contribution in [3.05, 3.63) is 29.8 Å². The molecule has 0 aliphatic heterocycles. The summed E-state index contributed by atoms with van der Waals surface area (Å²) in [7, 11) is 1.97. The van der Waals surface area contributed by atoms with Gasteiger partial charge in [-0.1, -0.05) is 12.1 Å². The molecule has 0 radical (unpaired) electrons. The molecular weight excluding hydrogens is 172 g/mol. The topological polar surface area (TPSA) is 24.1 Å². The van der Waals surface area contributed by atoms with Gasteiger partial charge < -0.3 is 10.6 Å². The summed E-state index contributed by atoms with van der Waals surface area (Å²) in [6.45, 7) is 7.43. The molecule has 0 aliphatic carbocycles. The molecule has 78 valence electrons. The Balaban J connectivity index is 2.68. The summed E-state index contributed by atoms with van der Waals surface area (Å²) in [5.41, 5.74) is 2.56. The van der Waals surface area contributed by atoms with E-state index in [0.717, 1.165) is 6.54 Å². The number of likely N-dealkylation sites (N-methyl/N-ethyl adjacent to an activating group) is 1.